The molecule has 26 heavy (non-hydrogen) atoms. The van der Waals surface area contributed by atoms with Gasteiger partial charge in [-0.1, -0.05) is 0 Å². The van der Waals surface area contributed by atoms with E-state index in [-0.39, 0.29) is 5.91 Å². The van der Waals surface area contributed by atoms with Crippen LogP contribution in [0.15, 0.2) is 18.2 Å². The second kappa shape index (κ2) is 6.45. The van der Waals surface area contributed by atoms with Crippen LogP contribution in [-0.2, 0) is 4.79 Å². The van der Waals surface area contributed by atoms with Gasteiger partial charge in [0.05, 0.1) is 18.8 Å². The van der Waals surface area contributed by atoms with Crippen molar-refractivity contribution in [2.75, 3.05) is 25.1 Å². The van der Waals surface area contributed by atoms with E-state index in [1.165, 1.54) is 38.5 Å². The van der Waals surface area contributed by atoms with E-state index >= 15 is 0 Å². The maximum Gasteiger partial charge on any atom is 0.279 e. The zero-order chi connectivity index (χ0) is 17.6. The van der Waals surface area contributed by atoms with Crippen LogP contribution in [0.3, 0.4) is 0 Å². The van der Waals surface area contributed by atoms with Crippen LogP contribution in [0, 0.1) is 17.8 Å². The van der Waals surface area contributed by atoms with Gasteiger partial charge in [-0.15, -0.1) is 0 Å². The molecule has 4 fully saturated rings. The molecule has 0 radical (unpaired) electrons. The molecular formula is C21H29N2O3+. The molecule has 140 valence electrons. The number of ether oxygens (including phenoxy) is 2. The van der Waals surface area contributed by atoms with E-state index in [2.05, 4.69) is 10.6 Å². The largest absolute Gasteiger partial charge is 0.490 e. The van der Waals surface area contributed by atoms with Crippen molar-refractivity contribution in [3.63, 3.8) is 0 Å². The molecule has 5 nitrogen and oxygen atoms in total. The summed E-state index contributed by atoms with van der Waals surface area (Å²) in [5.74, 6) is 4.33. The number of hydrogen-bond donors (Lipinski definition) is 2. The highest BCUT2D eigenvalue weighted by Crippen LogP contribution is 2.54. The summed E-state index contributed by atoms with van der Waals surface area (Å²) in [4.78, 5) is 12.5. The normalized spacial score (nSPS) is 34.4. The first-order valence-electron chi connectivity index (χ1n) is 10.2. The first kappa shape index (κ1) is 16.4. The Bertz CT molecular complexity index is 667. The zero-order valence-electron chi connectivity index (χ0n) is 15.3. The van der Waals surface area contributed by atoms with Crippen LogP contribution in [0.1, 0.15) is 44.9 Å². The standard InChI is InChI=1S/C21H28N2O3/c24-20(23-17-2-3-18-19(9-17)26-5-1-4-25-18)13-22-21-10-14-6-15(11-21)8-16(7-14)12-21/h2-3,9,14-16,22H,1,4-8,10-13H2,(H,23,24)/p+1. The van der Waals surface area contributed by atoms with Gasteiger partial charge < -0.3 is 20.1 Å². The highest BCUT2D eigenvalue weighted by molar-refractivity contribution is 5.91. The third kappa shape index (κ3) is 3.18. The van der Waals surface area contributed by atoms with E-state index in [0.717, 1.165) is 41.4 Å². The highest BCUT2D eigenvalue weighted by atomic mass is 16.5. The van der Waals surface area contributed by atoms with Crippen LogP contribution in [0.5, 0.6) is 11.5 Å². The number of nitrogens with one attached hydrogen (secondary N) is 1. The minimum Gasteiger partial charge on any atom is -0.490 e. The summed E-state index contributed by atoms with van der Waals surface area (Å²) in [6.45, 7) is 1.85. The summed E-state index contributed by atoms with van der Waals surface area (Å²) in [5.41, 5.74) is 1.13. The molecule has 4 bridgehead atoms. The predicted octanol–water partition coefficient (Wildman–Crippen LogP) is 2.32. The Morgan fingerprint density at radius 3 is 2.38 bits per heavy atom. The van der Waals surface area contributed by atoms with Crippen molar-refractivity contribution in [2.24, 2.45) is 17.8 Å². The van der Waals surface area contributed by atoms with Gasteiger partial charge in [0, 0.05) is 37.4 Å². The quantitative estimate of drug-likeness (QED) is 0.869. The van der Waals surface area contributed by atoms with E-state index in [4.69, 9.17) is 9.47 Å². The number of benzene rings is 1. The minimum absolute atomic E-state index is 0.0789. The average Bonchev–Trinajstić information content (AvgIpc) is 2.84. The Morgan fingerprint density at radius 1 is 1.04 bits per heavy atom. The lowest BCUT2D eigenvalue weighted by Crippen LogP contribution is -3.00. The molecule has 1 aliphatic heterocycles. The van der Waals surface area contributed by atoms with Gasteiger partial charge in [0.1, 0.15) is 0 Å². The van der Waals surface area contributed by atoms with Crippen LogP contribution in [0.4, 0.5) is 5.69 Å². The van der Waals surface area contributed by atoms with Crippen molar-refractivity contribution in [1.82, 2.24) is 0 Å². The summed E-state index contributed by atoms with van der Waals surface area (Å²) in [6.07, 6.45) is 9.16. The van der Waals surface area contributed by atoms with Crippen molar-refractivity contribution < 1.29 is 19.6 Å². The van der Waals surface area contributed by atoms with E-state index in [0.29, 0.717) is 25.3 Å². The van der Waals surface area contributed by atoms with Crippen LogP contribution in [0.2, 0.25) is 0 Å². The van der Waals surface area contributed by atoms with E-state index in [1.807, 2.05) is 18.2 Å². The number of quaternary nitrogens is 1. The first-order valence-corrected chi connectivity index (χ1v) is 10.2. The van der Waals surface area contributed by atoms with Crippen molar-refractivity contribution >= 4 is 11.6 Å². The van der Waals surface area contributed by atoms with Gasteiger partial charge in [0.25, 0.3) is 5.91 Å². The Balaban J connectivity index is 1.20. The number of fused-ring (bicyclic) bond motifs is 1. The molecule has 3 N–H and O–H groups in total. The fourth-order valence-corrected chi connectivity index (χ4v) is 6.19. The number of nitrogens with two attached hydrogens (primary N) is 1. The molecule has 4 aliphatic carbocycles. The minimum atomic E-state index is 0.0789. The van der Waals surface area contributed by atoms with Crippen LogP contribution >= 0.6 is 0 Å². The predicted molar refractivity (Wildman–Crippen MR) is 98.4 cm³/mol. The highest BCUT2D eigenvalue weighted by Gasteiger charge is 2.53. The van der Waals surface area contributed by atoms with Gasteiger partial charge in [-0.25, -0.2) is 0 Å². The smallest absolute Gasteiger partial charge is 0.279 e. The van der Waals surface area contributed by atoms with Gasteiger partial charge >= 0.3 is 0 Å². The Hall–Kier alpha value is -1.75. The fourth-order valence-electron chi connectivity index (χ4n) is 6.19. The molecule has 5 aliphatic rings. The molecule has 1 heterocycles. The molecule has 0 unspecified atom stereocenters. The summed E-state index contributed by atoms with van der Waals surface area (Å²) >= 11 is 0. The number of hydrogen-bond acceptors (Lipinski definition) is 3. The molecule has 1 aromatic carbocycles. The Labute approximate surface area is 154 Å². The van der Waals surface area contributed by atoms with Gasteiger partial charge in [0.2, 0.25) is 0 Å². The van der Waals surface area contributed by atoms with Crippen molar-refractivity contribution in [1.29, 1.82) is 0 Å². The van der Waals surface area contributed by atoms with Gasteiger partial charge in [-0.05, 0) is 49.1 Å². The number of anilines is 1. The molecule has 1 aromatic rings. The van der Waals surface area contributed by atoms with Crippen molar-refractivity contribution in [2.45, 2.75) is 50.5 Å². The van der Waals surface area contributed by atoms with Crippen molar-refractivity contribution in [3.8, 4) is 11.5 Å². The average molecular weight is 357 g/mol. The SMILES string of the molecule is O=C(C[NH2+]C12CC3CC(CC(C3)C1)C2)Nc1ccc2c(c1)OCCCO2. The molecule has 0 atom stereocenters. The third-order valence-corrected chi connectivity index (χ3v) is 6.84. The lowest BCUT2D eigenvalue weighted by Gasteiger charge is -2.54. The van der Waals surface area contributed by atoms with Crippen LogP contribution in [-0.4, -0.2) is 31.2 Å². The maximum absolute atomic E-state index is 12.5. The summed E-state index contributed by atoms with van der Waals surface area (Å²) in [6, 6.07) is 5.67. The van der Waals surface area contributed by atoms with E-state index in [1.54, 1.807) is 0 Å². The fraction of sp³-hybridized carbons (Fsp3) is 0.667. The van der Waals surface area contributed by atoms with Gasteiger partial charge in [0.15, 0.2) is 18.0 Å². The first-order chi connectivity index (χ1) is 12.7. The summed E-state index contributed by atoms with van der Waals surface area (Å²) in [7, 11) is 0. The summed E-state index contributed by atoms with van der Waals surface area (Å²) in [5, 5.41) is 5.40. The zero-order valence-corrected chi connectivity index (χ0v) is 15.3. The summed E-state index contributed by atoms with van der Waals surface area (Å²) < 4.78 is 11.4. The Morgan fingerprint density at radius 2 is 1.69 bits per heavy atom. The lowest BCUT2D eigenvalue weighted by atomic mass is 9.53. The molecular weight excluding hydrogens is 328 g/mol. The van der Waals surface area contributed by atoms with Gasteiger partial charge in [-0.2, -0.15) is 0 Å². The lowest BCUT2D eigenvalue weighted by molar-refractivity contribution is -0.729. The van der Waals surface area contributed by atoms with E-state index < -0.39 is 0 Å². The van der Waals surface area contributed by atoms with Crippen LogP contribution < -0.4 is 20.1 Å². The van der Waals surface area contributed by atoms with E-state index in [9.17, 15) is 4.79 Å². The molecule has 5 heteroatoms. The molecule has 0 aromatic heterocycles. The second-order valence-corrected chi connectivity index (χ2v) is 8.95. The molecule has 6 rings (SSSR count). The second-order valence-electron chi connectivity index (χ2n) is 8.95. The molecule has 1 amide bonds. The number of amides is 1. The molecule has 0 saturated heterocycles. The Kier molecular flexibility index (Phi) is 4.07. The number of carbonyl (C=O) groups excluding carboxylic acids is 1. The molecule has 4 saturated carbocycles. The maximum atomic E-state index is 12.5. The third-order valence-electron chi connectivity index (χ3n) is 6.84. The van der Waals surface area contributed by atoms with Crippen molar-refractivity contribution in [3.05, 3.63) is 18.2 Å². The molecule has 0 spiro atoms. The number of rotatable bonds is 4. The van der Waals surface area contributed by atoms with Gasteiger partial charge in [-0.3, -0.25) is 4.79 Å². The van der Waals surface area contributed by atoms with Crippen LogP contribution in [0.25, 0.3) is 0 Å². The number of carbonyl (C=O) groups is 1. The topological polar surface area (TPSA) is 64.2 Å². The monoisotopic (exact) mass is 357 g/mol.